The highest BCUT2D eigenvalue weighted by molar-refractivity contribution is 6.07. The number of nitrogens with zero attached hydrogens (tertiary/aromatic N) is 1. The fourth-order valence-electron chi connectivity index (χ4n) is 1.63. The van der Waals surface area contributed by atoms with Gasteiger partial charge in [0.15, 0.2) is 0 Å². The molecule has 0 saturated carbocycles. The smallest absolute Gasteiger partial charge is 0.317 e. The van der Waals surface area contributed by atoms with E-state index in [0.29, 0.717) is 24.8 Å². The van der Waals surface area contributed by atoms with Gasteiger partial charge in [0.2, 0.25) is 5.54 Å². The quantitative estimate of drug-likeness (QED) is 0.573. The summed E-state index contributed by atoms with van der Waals surface area (Å²) < 4.78 is 38.1. The van der Waals surface area contributed by atoms with E-state index in [-0.39, 0.29) is 6.54 Å². The number of hydrogen-bond acceptors (Lipinski definition) is 3. The lowest BCUT2D eigenvalue weighted by Gasteiger charge is -2.24. The van der Waals surface area contributed by atoms with Crippen molar-refractivity contribution in [2.24, 2.45) is 0 Å². The number of alkyl halides is 3. The SMILES string of the molecule is CCNCCCN1C(=O)NC(C)(C(F)(F)F)C1=O. The maximum absolute atomic E-state index is 12.7. The molecule has 0 aliphatic carbocycles. The summed E-state index contributed by atoms with van der Waals surface area (Å²) in [5.74, 6) is -1.24. The highest BCUT2D eigenvalue weighted by atomic mass is 19.4. The molecule has 0 spiro atoms. The Kier molecular flexibility index (Phi) is 4.20. The molecule has 1 heterocycles. The van der Waals surface area contributed by atoms with Crippen molar-refractivity contribution in [3.05, 3.63) is 0 Å². The third-order valence-corrected chi connectivity index (χ3v) is 2.83. The van der Waals surface area contributed by atoms with Crippen molar-refractivity contribution in [2.45, 2.75) is 32.0 Å². The zero-order chi connectivity index (χ0) is 14.0. The van der Waals surface area contributed by atoms with Crippen LogP contribution >= 0.6 is 0 Å². The minimum Gasteiger partial charge on any atom is -0.317 e. The lowest BCUT2D eigenvalue weighted by atomic mass is 10.0. The third-order valence-electron chi connectivity index (χ3n) is 2.83. The van der Waals surface area contributed by atoms with Gasteiger partial charge in [-0.25, -0.2) is 4.79 Å². The van der Waals surface area contributed by atoms with Crippen molar-refractivity contribution in [3.8, 4) is 0 Å². The monoisotopic (exact) mass is 267 g/mol. The second-order valence-corrected chi connectivity index (χ2v) is 4.22. The molecular weight excluding hydrogens is 251 g/mol. The first-order chi connectivity index (χ1) is 8.24. The summed E-state index contributed by atoms with van der Waals surface area (Å²) in [5.41, 5.74) is -2.80. The molecule has 8 heteroatoms. The first kappa shape index (κ1) is 14.7. The van der Waals surface area contributed by atoms with Crippen LogP contribution in [0, 0.1) is 0 Å². The van der Waals surface area contributed by atoms with Crippen molar-refractivity contribution in [2.75, 3.05) is 19.6 Å². The summed E-state index contributed by atoms with van der Waals surface area (Å²) in [4.78, 5) is 23.7. The maximum atomic E-state index is 12.7. The Balaban J connectivity index is 2.68. The van der Waals surface area contributed by atoms with Gasteiger partial charge in [-0.15, -0.1) is 0 Å². The Hall–Kier alpha value is -1.31. The van der Waals surface area contributed by atoms with Crippen LogP contribution in [0.2, 0.25) is 0 Å². The van der Waals surface area contributed by atoms with Crippen LogP contribution in [0.15, 0.2) is 0 Å². The molecule has 1 aliphatic rings. The van der Waals surface area contributed by atoms with Crippen LogP contribution in [0.1, 0.15) is 20.3 Å². The Labute approximate surface area is 103 Å². The first-order valence-corrected chi connectivity index (χ1v) is 5.65. The summed E-state index contributed by atoms with van der Waals surface area (Å²) in [7, 11) is 0. The number of rotatable bonds is 5. The maximum Gasteiger partial charge on any atom is 0.420 e. The van der Waals surface area contributed by atoms with Gasteiger partial charge >= 0.3 is 12.2 Å². The van der Waals surface area contributed by atoms with E-state index in [9.17, 15) is 22.8 Å². The molecule has 1 fully saturated rings. The van der Waals surface area contributed by atoms with Gasteiger partial charge in [0.1, 0.15) is 0 Å². The topological polar surface area (TPSA) is 61.4 Å². The predicted octanol–water partition coefficient (Wildman–Crippen LogP) is 0.859. The number of imide groups is 1. The molecule has 5 nitrogen and oxygen atoms in total. The summed E-state index contributed by atoms with van der Waals surface area (Å²) in [6.07, 6.45) is -4.38. The van der Waals surface area contributed by atoms with Crippen molar-refractivity contribution >= 4 is 11.9 Å². The zero-order valence-corrected chi connectivity index (χ0v) is 10.2. The van der Waals surface area contributed by atoms with E-state index >= 15 is 0 Å². The van der Waals surface area contributed by atoms with Crippen molar-refractivity contribution in [1.29, 1.82) is 0 Å². The van der Waals surface area contributed by atoms with Gasteiger partial charge in [0, 0.05) is 6.54 Å². The molecule has 18 heavy (non-hydrogen) atoms. The van der Waals surface area contributed by atoms with Crippen LogP contribution in [0.25, 0.3) is 0 Å². The molecule has 1 rings (SSSR count). The molecule has 0 bridgehead atoms. The normalized spacial score (nSPS) is 24.6. The first-order valence-electron chi connectivity index (χ1n) is 5.65. The van der Waals surface area contributed by atoms with Gasteiger partial charge < -0.3 is 10.6 Å². The number of carbonyl (C=O) groups is 2. The van der Waals surface area contributed by atoms with Gasteiger partial charge in [0.05, 0.1) is 0 Å². The van der Waals surface area contributed by atoms with Gasteiger partial charge in [0.25, 0.3) is 5.91 Å². The average molecular weight is 267 g/mol. The van der Waals surface area contributed by atoms with Crippen LogP contribution in [0.3, 0.4) is 0 Å². The summed E-state index contributed by atoms with van der Waals surface area (Å²) >= 11 is 0. The van der Waals surface area contributed by atoms with Crippen LogP contribution in [0.5, 0.6) is 0 Å². The van der Waals surface area contributed by atoms with E-state index in [2.05, 4.69) is 5.32 Å². The number of halogens is 3. The average Bonchev–Trinajstić information content (AvgIpc) is 2.47. The van der Waals surface area contributed by atoms with Crippen LogP contribution in [-0.2, 0) is 4.79 Å². The predicted molar refractivity (Wildman–Crippen MR) is 57.9 cm³/mol. The van der Waals surface area contributed by atoms with E-state index in [1.807, 2.05) is 6.92 Å². The van der Waals surface area contributed by atoms with Crippen LogP contribution in [0.4, 0.5) is 18.0 Å². The lowest BCUT2D eigenvalue weighted by molar-refractivity contribution is -0.191. The molecule has 1 saturated heterocycles. The fourth-order valence-corrected chi connectivity index (χ4v) is 1.63. The van der Waals surface area contributed by atoms with Gasteiger partial charge in [-0.05, 0) is 26.4 Å². The fraction of sp³-hybridized carbons (Fsp3) is 0.800. The van der Waals surface area contributed by atoms with E-state index in [1.165, 1.54) is 0 Å². The molecular formula is C10H16F3N3O2. The summed E-state index contributed by atoms with van der Waals surface area (Å²) in [6.45, 7) is 3.80. The minimum atomic E-state index is -4.80. The number of hydrogen-bond donors (Lipinski definition) is 2. The van der Waals surface area contributed by atoms with E-state index in [4.69, 9.17) is 0 Å². The minimum absolute atomic E-state index is 0.0245. The van der Waals surface area contributed by atoms with Crippen molar-refractivity contribution in [1.82, 2.24) is 15.5 Å². The van der Waals surface area contributed by atoms with Gasteiger partial charge in [-0.3, -0.25) is 9.69 Å². The Morgan fingerprint density at radius 2 is 2.00 bits per heavy atom. The molecule has 1 aliphatic heterocycles. The van der Waals surface area contributed by atoms with Gasteiger partial charge in [-0.2, -0.15) is 13.2 Å². The summed E-state index contributed by atoms with van der Waals surface area (Å²) in [5, 5.41) is 4.66. The van der Waals surface area contributed by atoms with Crippen LogP contribution in [-0.4, -0.2) is 48.2 Å². The number of amides is 3. The van der Waals surface area contributed by atoms with E-state index < -0.39 is 23.7 Å². The van der Waals surface area contributed by atoms with Crippen molar-refractivity contribution < 1.29 is 22.8 Å². The lowest BCUT2D eigenvalue weighted by Crippen LogP contribution is -2.56. The number of carbonyl (C=O) groups excluding carboxylic acids is 2. The van der Waals surface area contributed by atoms with E-state index in [1.54, 1.807) is 5.32 Å². The second kappa shape index (κ2) is 5.13. The number of nitrogens with one attached hydrogen (secondary N) is 2. The third kappa shape index (κ3) is 2.58. The largest absolute Gasteiger partial charge is 0.420 e. The zero-order valence-electron chi connectivity index (χ0n) is 10.2. The molecule has 0 radical (unpaired) electrons. The number of urea groups is 1. The van der Waals surface area contributed by atoms with E-state index in [0.717, 1.165) is 6.54 Å². The standard InChI is InChI=1S/C10H16F3N3O2/c1-3-14-5-4-6-16-7(17)9(2,10(11,12)13)15-8(16)18/h14H,3-6H2,1-2H3,(H,15,18). The molecule has 1 unspecified atom stereocenters. The molecule has 1 atom stereocenters. The van der Waals surface area contributed by atoms with Gasteiger partial charge in [-0.1, -0.05) is 6.92 Å². The molecule has 3 amide bonds. The molecule has 2 N–H and O–H groups in total. The molecule has 104 valence electrons. The Morgan fingerprint density at radius 1 is 1.39 bits per heavy atom. The highest BCUT2D eigenvalue weighted by Gasteiger charge is 2.64. The molecule has 0 aromatic heterocycles. The Bertz CT molecular complexity index is 346. The van der Waals surface area contributed by atoms with Crippen molar-refractivity contribution in [3.63, 3.8) is 0 Å². The summed E-state index contributed by atoms with van der Waals surface area (Å²) in [6, 6.07) is -0.990. The second-order valence-electron chi connectivity index (χ2n) is 4.22. The highest BCUT2D eigenvalue weighted by Crippen LogP contribution is 2.35. The Morgan fingerprint density at radius 3 is 2.44 bits per heavy atom. The van der Waals surface area contributed by atoms with Crippen LogP contribution < -0.4 is 10.6 Å². The molecule has 0 aromatic carbocycles. The molecule has 0 aromatic rings.